The van der Waals surface area contributed by atoms with Crippen LogP contribution in [0, 0.1) is 5.92 Å². The molecule has 3 atom stereocenters. The van der Waals surface area contributed by atoms with E-state index in [4.69, 9.17) is 35.8 Å². The van der Waals surface area contributed by atoms with E-state index in [-0.39, 0.29) is 51.7 Å². The summed E-state index contributed by atoms with van der Waals surface area (Å²) in [5.41, 5.74) is 0.392. The first-order chi connectivity index (χ1) is 25.8. The Labute approximate surface area is 323 Å². The lowest BCUT2D eigenvalue weighted by molar-refractivity contribution is -0.130. The number of thiazole rings is 1. The van der Waals surface area contributed by atoms with Crippen LogP contribution >= 0.6 is 22.9 Å². The molecule has 1 saturated carbocycles. The van der Waals surface area contributed by atoms with Crippen LogP contribution < -0.4 is 24.8 Å². The SMILES string of the molecule is COc1ccc2c(OCCC3NC(=O)N(C)CCCC/C=C\C4CC4(C(=O)NS(=O)(=O)N4CCOCC4)NC3=O)cc(-c3nc(C(C)C)cs3)nc2c1Cl. The number of aromatic nitrogens is 2. The lowest BCUT2D eigenvalue weighted by atomic mass is 10.1. The molecule has 4 amide bonds. The summed E-state index contributed by atoms with van der Waals surface area (Å²) < 4.78 is 46.7. The molecule has 292 valence electrons. The Bertz CT molecular complexity index is 2020. The fraction of sp³-hybridized carbons (Fsp3) is 0.528. The molecule has 0 bridgehead atoms. The number of allylic oxidation sites excluding steroid dienone is 1. The molecule has 54 heavy (non-hydrogen) atoms. The van der Waals surface area contributed by atoms with Gasteiger partial charge < -0.3 is 29.7 Å². The second-order valence-electron chi connectivity index (χ2n) is 13.9. The second-order valence-corrected chi connectivity index (χ2v) is 16.8. The molecule has 3 aromatic rings. The Morgan fingerprint density at radius 3 is 2.67 bits per heavy atom. The van der Waals surface area contributed by atoms with Crippen molar-refractivity contribution < 1.29 is 37.0 Å². The minimum atomic E-state index is -4.19. The number of ether oxygens (including phenoxy) is 3. The number of morpholine rings is 1. The van der Waals surface area contributed by atoms with Gasteiger partial charge in [-0.05, 0) is 43.7 Å². The van der Waals surface area contributed by atoms with E-state index >= 15 is 0 Å². The number of pyridine rings is 1. The number of fused-ring (bicyclic) bond motifs is 2. The number of benzene rings is 1. The molecule has 1 aromatic carbocycles. The van der Waals surface area contributed by atoms with Crippen molar-refractivity contribution in [3.05, 3.63) is 46.4 Å². The van der Waals surface area contributed by atoms with E-state index in [1.165, 1.54) is 23.3 Å². The maximum atomic E-state index is 14.1. The highest BCUT2D eigenvalue weighted by molar-refractivity contribution is 7.87. The average molecular weight is 804 g/mol. The van der Waals surface area contributed by atoms with Crippen molar-refractivity contribution >= 4 is 61.9 Å². The number of urea groups is 1. The van der Waals surface area contributed by atoms with Crippen LogP contribution in [0.5, 0.6) is 11.5 Å². The topological polar surface area (TPSA) is 181 Å². The van der Waals surface area contributed by atoms with Gasteiger partial charge in [-0.1, -0.05) is 37.6 Å². The number of rotatable bonds is 10. The normalized spacial score (nSPS) is 23.6. The van der Waals surface area contributed by atoms with Crippen molar-refractivity contribution in [2.75, 3.05) is 53.6 Å². The Kier molecular flexibility index (Phi) is 12.3. The third kappa shape index (κ3) is 8.75. The van der Waals surface area contributed by atoms with Gasteiger partial charge in [0, 0.05) is 55.9 Å². The lowest BCUT2D eigenvalue weighted by Gasteiger charge is -2.28. The Hall–Kier alpha value is -4.03. The fourth-order valence-corrected chi connectivity index (χ4v) is 8.80. The molecule has 6 rings (SSSR count). The largest absolute Gasteiger partial charge is 0.495 e. The summed E-state index contributed by atoms with van der Waals surface area (Å²) in [6, 6.07) is 3.65. The van der Waals surface area contributed by atoms with E-state index in [2.05, 4.69) is 29.2 Å². The predicted octanol–water partition coefficient (Wildman–Crippen LogP) is 4.23. The van der Waals surface area contributed by atoms with Gasteiger partial charge in [-0.25, -0.2) is 19.5 Å². The smallest absolute Gasteiger partial charge is 0.317 e. The molecule has 0 spiro atoms. The van der Waals surface area contributed by atoms with Crippen LogP contribution in [0.15, 0.2) is 35.7 Å². The number of methoxy groups -OCH3 is 1. The van der Waals surface area contributed by atoms with Gasteiger partial charge in [-0.2, -0.15) is 12.7 Å². The molecule has 3 unspecified atom stereocenters. The maximum absolute atomic E-state index is 14.1. The number of nitrogens with zero attached hydrogens (tertiary/aromatic N) is 4. The number of carbonyl (C=O) groups excluding carboxylic acids is 3. The third-order valence-corrected chi connectivity index (χ3v) is 12.5. The first-order valence-corrected chi connectivity index (χ1v) is 20.7. The van der Waals surface area contributed by atoms with Gasteiger partial charge >= 0.3 is 16.2 Å². The number of amides is 4. The molecule has 2 fully saturated rings. The van der Waals surface area contributed by atoms with Crippen LogP contribution in [0.4, 0.5) is 4.79 Å². The average Bonchev–Trinajstić information content (AvgIpc) is 3.60. The molecule has 3 aliphatic rings. The highest BCUT2D eigenvalue weighted by Gasteiger charge is 2.61. The van der Waals surface area contributed by atoms with E-state index in [1.54, 1.807) is 25.2 Å². The molecule has 15 nitrogen and oxygen atoms in total. The molecule has 1 aliphatic carbocycles. The van der Waals surface area contributed by atoms with Gasteiger partial charge in [-0.15, -0.1) is 11.3 Å². The molecule has 2 aliphatic heterocycles. The zero-order valence-corrected chi connectivity index (χ0v) is 33.1. The molecule has 18 heteroatoms. The third-order valence-electron chi connectivity index (χ3n) is 9.80. The van der Waals surface area contributed by atoms with Crippen LogP contribution in [0.25, 0.3) is 21.6 Å². The maximum Gasteiger partial charge on any atom is 0.317 e. The van der Waals surface area contributed by atoms with Gasteiger partial charge in [0.15, 0.2) is 0 Å². The second kappa shape index (κ2) is 16.8. The lowest BCUT2D eigenvalue weighted by Crippen LogP contribution is -2.59. The summed E-state index contributed by atoms with van der Waals surface area (Å²) in [6.45, 7) is 5.18. The van der Waals surface area contributed by atoms with Crippen LogP contribution in [0.1, 0.15) is 57.6 Å². The number of hydrogen-bond acceptors (Lipinski definition) is 11. The Morgan fingerprint density at radius 2 is 1.94 bits per heavy atom. The van der Waals surface area contributed by atoms with Gasteiger partial charge in [0.05, 0.1) is 38.1 Å². The van der Waals surface area contributed by atoms with Crippen LogP contribution in [-0.2, 0) is 24.5 Å². The summed E-state index contributed by atoms with van der Waals surface area (Å²) >= 11 is 8.19. The number of hydrogen-bond donors (Lipinski definition) is 3. The Balaban J connectivity index is 1.26. The number of nitrogens with one attached hydrogen (secondary N) is 3. The zero-order chi connectivity index (χ0) is 38.6. The van der Waals surface area contributed by atoms with E-state index in [0.29, 0.717) is 51.1 Å². The quantitative estimate of drug-likeness (QED) is 0.251. The van der Waals surface area contributed by atoms with Gasteiger partial charge in [0.2, 0.25) is 5.91 Å². The van der Waals surface area contributed by atoms with E-state index in [9.17, 15) is 22.8 Å². The highest BCUT2D eigenvalue weighted by Crippen LogP contribution is 2.45. The van der Waals surface area contributed by atoms with Crippen LogP contribution in [0.3, 0.4) is 0 Å². The van der Waals surface area contributed by atoms with E-state index in [1.807, 2.05) is 17.5 Å². The van der Waals surface area contributed by atoms with Crippen molar-refractivity contribution in [2.24, 2.45) is 5.92 Å². The number of halogens is 1. The fourth-order valence-electron chi connectivity index (χ4n) is 6.40. The highest BCUT2D eigenvalue weighted by atomic mass is 35.5. The molecule has 4 heterocycles. The molecule has 1 saturated heterocycles. The van der Waals surface area contributed by atoms with Crippen molar-refractivity contribution in [3.8, 4) is 22.2 Å². The monoisotopic (exact) mass is 803 g/mol. The van der Waals surface area contributed by atoms with Crippen molar-refractivity contribution in [2.45, 2.75) is 63.5 Å². The summed E-state index contributed by atoms with van der Waals surface area (Å²) in [4.78, 5) is 52.3. The summed E-state index contributed by atoms with van der Waals surface area (Å²) in [6.07, 6.45) is 6.22. The van der Waals surface area contributed by atoms with E-state index < -0.39 is 45.6 Å². The minimum Gasteiger partial charge on any atom is -0.495 e. The summed E-state index contributed by atoms with van der Waals surface area (Å²) in [5.74, 6) is -0.838. The van der Waals surface area contributed by atoms with Crippen molar-refractivity contribution in [1.29, 1.82) is 0 Å². The standard InChI is InChI=1S/C36H46ClN7O8S2/c1-22(2)27-21-53-33(39-27)26-19-29(24-10-11-28(50-4)30(37)31(24)38-26)52-16-12-25-32(45)41-36(34(46)42-54(48,49)44-14-17-51-18-15-44)20-23(36)9-7-5-6-8-13-43(3)35(47)40-25/h7,9-11,19,21-23,25H,5-6,8,12-18,20H2,1-4H3,(H,40,47)(H,41,45)(H,42,46)/b9-7-. The number of carbonyl (C=O) groups is 3. The van der Waals surface area contributed by atoms with Gasteiger partial charge in [-0.3, -0.25) is 9.59 Å². The molecule has 3 N–H and O–H groups in total. The van der Waals surface area contributed by atoms with E-state index in [0.717, 1.165) is 22.8 Å². The summed E-state index contributed by atoms with van der Waals surface area (Å²) in [7, 11) is -1.03. The molecule has 0 radical (unpaired) electrons. The predicted molar refractivity (Wildman–Crippen MR) is 205 cm³/mol. The zero-order valence-electron chi connectivity index (χ0n) is 30.7. The van der Waals surface area contributed by atoms with Crippen LogP contribution in [-0.4, -0.2) is 111 Å². The first-order valence-electron chi connectivity index (χ1n) is 18.0. The van der Waals surface area contributed by atoms with Crippen molar-refractivity contribution in [1.82, 2.24) is 34.5 Å². The van der Waals surface area contributed by atoms with Gasteiger partial charge in [0.25, 0.3) is 5.91 Å². The molecular formula is C36H46ClN7O8S2. The Morgan fingerprint density at radius 1 is 1.17 bits per heavy atom. The summed E-state index contributed by atoms with van der Waals surface area (Å²) in [5, 5.41) is 9.20. The van der Waals surface area contributed by atoms with Crippen LogP contribution in [0.2, 0.25) is 5.02 Å². The molecule has 2 aromatic heterocycles. The first kappa shape index (κ1) is 39.7. The van der Waals surface area contributed by atoms with Crippen molar-refractivity contribution in [3.63, 3.8) is 0 Å². The minimum absolute atomic E-state index is 0.00742. The van der Waals surface area contributed by atoms with Gasteiger partial charge in [0.1, 0.15) is 38.8 Å². The molecular weight excluding hydrogens is 758 g/mol.